The number of aromatic nitrogens is 1. The summed E-state index contributed by atoms with van der Waals surface area (Å²) >= 11 is 0. The topological polar surface area (TPSA) is 184 Å². The summed E-state index contributed by atoms with van der Waals surface area (Å²) in [5, 5.41) is 36.6. The quantitative estimate of drug-likeness (QED) is 0.272. The van der Waals surface area contributed by atoms with Crippen LogP contribution in [0.25, 0.3) is 0 Å². The van der Waals surface area contributed by atoms with E-state index in [1.807, 2.05) is 0 Å². The maximum Gasteiger partial charge on any atom is 0.253 e. The molecule has 11 heteroatoms. The van der Waals surface area contributed by atoms with E-state index in [-0.39, 0.29) is 12.0 Å². The van der Waals surface area contributed by atoms with E-state index in [1.54, 1.807) is 30.3 Å². The second-order valence-electron chi connectivity index (χ2n) is 8.30. The van der Waals surface area contributed by atoms with Gasteiger partial charge in [-0.25, -0.2) is 0 Å². The number of aliphatic hydroxyl groups excluding tert-OH is 2. The molecule has 1 fully saturated rings. The van der Waals surface area contributed by atoms with Gasteiger partial charge in [0.1, 0.15) is 23.5 Å². The van der Waals surface area contributed by atoms with Gasteiger partial charge >= 0.3 is 0 Å². The Morgan fingerprint density at radius 2 is 1.91 bits per heavy atom. The number of primary amides is 1. The molecule has 0 bridgehead atoms. The van der Waals surface area contributed by atoms with Crippen molar-refractivity contribution in [2.45, 2.75) is 49.2 Å². The molecule has 3 rings (SSSR count). The van der Waals surface area contributed by atoms with Crippen molar-refractivity contribution in [2.24, 2.45) is 5.73 Å². The number of rotatable bonds is 8. The van der Waals surface area contributed by atoms with Gasteiger partial charge in [0.15, 0.2) is 0 Å². The van der Waals surface area contributed by atoms with Gasteiger partial charge in [-0.1, -0.05) is 12.1 Å². The maximum atomic E-state index is 13.0. The molecule has 1 aromatic carbocycles. The third-order valence-electron chi connectivity index (χ3n) is 5.82. The molecule has 182 valence electrons. The van der Waals surface area contributed by atoms with Crippen LogP contribution in [0.2, 0.25) is 0 Å². The predicted octanol–water partition coefficient (Wildman–Crippen LogP) is -1.35. The molecule has 0 saturated heterocycles. The molecule has 5 atom stereocenters. The van der Waals surface area contributed by atoms with Gasteiger partial charge in [0, 0.05) is 31.7 Å². The Morgan fingerprint density at radius 3 is 2.50 bits per heavy atom. The Labute approximate surface area is 196 Å². The van der Waals surface area contributed by atoms with E-state index in [9.17, 15) is 29.7 Å². The predicted molar refractivity (Wildman–Crippen MR) is 120 cm³/mol. The fourth-order valence-corrected chi connectivity index (χ4v) is 3.89. The summed E-state index contributed by atoms with van der Waals surface area (Å²) in [6.07, 6.45) is -0.939. The molecule has 1 heterocycles. The van der Waals surface area contributed by atoms with Crippen LogP contribution in [0.3, 0.4) is 0 Å². The van der Waals surface area contributed by atoms with E-state index in [4.69, 9.17) is 10.5 Å². The van der Waals surface area contributed by atoms with Crippen molar-refractivity contribution in [1.29, 1.82) is 0 Å². The van der Waals surface area contributed by atoms with Crippen LogP contribution in [0.1, 0.15) is 28.8 Å². The van der Waals surface area contributed by atoms with Crippen LogP contribution in [-0.4, -0.2) is 75.0 Å². The smallest absolute Gasteiger partial charge is 0.253 e. The Bertz CT molecular complexity index is 1020. The summed E-state index contributed by atoms with van der Waals surface area (Å²) in [4.78, 5) is 41.3. The van der Waals surface area contributed by atoms with Crippen molar-refractivity contribution in [3.63, 3.8) is 0 Å². The Balaban J connectivity index is 1.71. The summed E-state index contributed by atoms with van der Waals surface area (Å²) in [6.45, 7) is 0. The zero-order valence-corrected chi connectivity index (χ0v) is 18.5. The largest absolute Gasteiger partial charge is 0.497 e. The third kappa shape index (κ3) is 5.87. The Kier molecular flexibility index (Phi) is 7.82. The first-order valence-corrected chi connectivity index (χ1v) is 10.7. The van der Waals surface area contributed by atoms with Crippen LogP contribution in [0.5, 0.6) is 5.75 Å². The molecule has 0 aliphatic heterocycles. The molecule has 5 unspecified atom stereocenters. The lowest BCUT2D eigenvalue weighted by Crippen LogP contribution is -2.64. The second-order valence-corrected chi connectivity index (χ2v) is 8.30. The number of nitrogens with zero attached hydrogens (tertiary/aromatic N) is 1. The third-order valence-corrected chi connectivity index (χ3v) is 5.82. The second kappa shape index (κ2) is 10.6. The number of methoxy groups -OCH3 is 1. The van der Waals surface area contributed by atoms with Crippen LogP contribution >= 0.6 is 0 Å². The molecule has 2 aromatic rings. The molecular formula is C23H28N4O7. The lowest BCUT2D eigenvalue weighted by Gasteiger charge is -2.41. The molecule has 1 aliphatic carbocycles. The summed E-state index contributed by atoms with van der Waals surface area (Å²) in [5.74, 6) is -1.74. The van der Waals surface area contributed by atoms with Gasteiger partial charge < -0.3 is 36.4 Å². The van der Waals surface area contributed by atoms with Crippen LogP contribution in [0, 0.1) is 0 Å². The van der Waals surface area contributed by atoms with E-state index in [2.05, 4.69) is 15.6 Å². The minimum absolute atomic E-state index is 0.0630. The standard InChI is InChI=1S/C23H28N4O7/c1-34-15-6-4-13(5-7-15)9-16(20(24)30)27-22(32)23(33)10-17(19(29)18(28)11-23)26-21(31)14-3-2-8-25-12-14/h2-8,12,16-19,28-29,33H,9-11H2,1H3,(H2,24,30)(H,26,31)(H,27,32). The molecule has 1 aliphatic rings. The summed E-state index contributed by atoms with van der Waals surface area (Å²) < 4.78 is 5.09. The monoisotopic (exact) mass is 472 g/mol. The molecule has 3 amide bonds. The molecule has 1 aromatic heterocycles. The van der Waals surface area contributed by atoms with Crippen LogP contribution < -0.4 is 21.1 Å². The molecule has 0 radical (unpaired) electrons. The number of nitrogens with one attached hydrogen (secondary N) is 2. The first-order valence-electron chi connectivity index (χ1n) is 10.7. The normalized spacial score (nSPS) is 25.1. The van der Waals surface area contributed by atoms with E-state index in [0.29, 0.717) is 11.3 Å². The van der Waals surface area contributed by atoms with Crippen LogP contribution in [0.15, 0.2) is 48.8 Å². The molecule has 7 N–H and O–H groups in total. The molecular weight excluding hydrogens is 444 g/mol. The number of amides is 3. The zero-order chi connectivity index (χ0) is 24.9. The number of hydrogen-bond donors (Lipinski definition) is 6. The maximum absolute atomic E-state index is 13.0. The molecule has 34 heavy (non-hydrogen) atoms. The van der Waals surface area contributed by atoms with Gasteiger partial charge in [-0.05, 0) is 29.8 Å². The van der Waals surface area contributed by atoms with Gasteiger partial charge in [0.25, 0.3) is 11.8 Å². The van der Waals surface area contributed by atoms with Gasteiger partial charge in [0.05, 0.1) is 24.8 Å². The van der Waals surface area contributed by atoms with E-state index in [0.717, 1.165) is 0 Å². The number of carbonyl (C=O) groups is 3. The zero-order valence-electron chi connectivity index (χ0n) is 18.5. The highest BCUT2D eigenvalue weighted by Gasteiger charge is 2.49. The number of pyridine rings is 1. The van der Waals surface area contributed by atoms with Crippen molar-refractivity contribution < 1.29 is 34.4 Å². The lowest BCUT2D eigenvalue weighted by atomic mass is 9.77. The van der Waals surface area contributed by atoms with Crippen molar-refractivity contribution in [3.05, 3.63) is 59.9 Å². The van der Waals surface area contributed by atoms with E-state index >= 15 is 0 Å². The highest BCUT2D eigenvalue weighted by molar-refractivity contribution is 5.94. The average molecular weight is 472 g/mol. The molecule has 11 nitrogen and oxygen atoms in total. The summed E-state index contributed by atoms with van der Waals surface area (Å²) in [7, 11) is 1.52. The van der Waals surface area contributed by atoms with Crippen LogP contribution in [0.4, 0.5) is 0 Å². The minimum atomic E-state index is -2.17. The number of hydrogen-bond acceptors (Lipinski definition) is 8. The number of aliphatic hydroxyl groups is 3. The van der Waals surface area contributed by atoms with Gasteiger partial charge in [-0.3, -0.25) is 19.4 Å². The first-order chi connectivity index (χ1) is 16.1. The highest BCUT2D eigenvalue weighted by atomic mass is 16.5. The lowest BCUT2D eigenvalue weighted by molar-refractivity contribution is -0.159. The molecule has 0 spiro atoms. The number of benzene rings is 1. The molecule has 1 saturated carbocycles. The van der Waals surface area contributed by atoms with Crippen molar-refractivity contribution >= 4 is 17.7 Å². The fraction of sp³-hybridized carbons (Fsp3) is 0.391. The van der Waals surface area contributed by atoms with Gasteiger partial charge in [-0.2, -0.15) is 0 Å². The van der Waals surface area contributed by atoms with Crippen molar-refractivity contribution in [1.82, 2.24) is 15.6 Å². The Hall–Kier alpha value is -3.54. The first kappa shape index (κ1) is 25.1. The number of carbonyl (C=O) groups excluding carboxylic acids is 3. The average Bonchev–Trinajstić information content (AvgIpc) is 2.82. The summed E-state index contributed by atoms with van der Waals surface area (Å²) in [5.41, 5.74) is 4.19. The number of nitrogens with two attached hydrogens (primary N) is 1. The fourth-order valence-electron chi connectivity index (χ4n) is 3.89. The highest BCUT2D eigenvalue weighted by Crippen LogP contribution is 2.30. The van der Waals surface area contributed by atoms with E-state index in [1.165, 1.54) is 25.6 Å². The van der Waals surface area contributed by atoms with E-state index < -0.39 is 60.5 Å². The minimum Gasteiger partial charge on any atom is -0.497 e. The number of ether oxygens (including phenoxy) is 1. The SMILES string of the molecule is COc1ccc(CC(NC(=O)C2(O)CC(O)C(O)C(NC(=O)c3cccnc3)C2)C(N)=O)cc1. The summed E-state index contributed by atoms with van der Waals surface area (Å²) in [6, 6.07) is 7.58. The Morgan fingerprint density at radius 1 is 1.21 bits per heavy atom. The van der Waals surface area contributed by atoms with Crippen molar-refractivity contribution in [2.75, 3.05) is 7.11 Å². The van der Waals surface area contributed by atoms with Gasteiger partial charge in [-0.15, -0.1) is 0 Å². The van der Waals surface area contributed by atoms with Gasteiger partial charge in [0.2, 0.25) is 5.91 Å². The van der Waals surface area contributed by atoms with Crippen LogP contribution in [-0.2, 0) is 16.0 Å². The van der Waals surface area contributed by atoms with Crippen molar-refractivity contribution in [3.8, 4) is 5.75 Å².